The van der Waals surface area contributed by atoms with E-state index in [-0.39, 0.29) is 6.10 Å². The number of rotatable bonds is 3. The van der Waals surface area contributed by atoms with Gasteiger partial charge in [0, 0.05) is 32.8 Å². The van der Waals surface area contributed by atoms with Crippen LogP contribution < -0.4 is 5.73 Å². The number of β-amino-alcohol motifs (C(OH)–C–C–N with tert-alkyl or cyclic N) is 1. The van der Waals surface area contributed by atoms with Gasteiger partial charge in [-0.25, -0.2) is 0 Å². The number of hydrogen-bond acceptors (Lipinski definition) is 4. The first-order chi connectivity index (χ1) is 5.83. The number of nitrogens with zero attached hydrogens (tertiary/aromatic N) is 1. The number of aliphatic hydroxyl groups excluding tert-OH is 1. The fourth-order valence-corrected chi connectivity index (χ4v) is 1.35. The lowest BCUT2D eigenvalue weighted by Gasteiger charge is -2.21. The van der Waals surface area contributed by atoms with E-state index >= 15 is 0 Å². The molecule has 0 aromatic heterocycles. The van der Waals surface area contributed by atoms with E-state index in [4.69, 9.17) is 10.5 Å². The predicted octanol–water partition coefficient (Wildman–Crippen LogP) is -0.972. The summed E-state index contributed by atoms with van der Waals surface area (Å²) in [7, 11) is 0. The maximum absolute atomic E-state index is 9.29. The minimum atomic E-state index is -0.386. The Morgan fingerprint density at radius 1 is 1.42 bits per heavy atom. The van der Waals surface area contributed by atoms with Crippen LogP contribution in [0.4, 0.5) is 0 Å². The average molecular weight is 174 g/mol. The van der Waals surface area contributed by atoms with E-state index in [1.807, 2.05) is 0 Å². The summed E-state index contributed by atoms with van der Waals surface area (Å²) < 4.78 is 5.29. The van der Waals surface area contributed by atoms with Crippen molar-refractivity contribution < 1.29 is 9.84 Å². The van der Waals surface area contributed by atoms with E-state index < -0.39 is 0 Å². The van der Waals surface area contributed by atoms with Crippen molar-refractivity contribution in [1.82, 2.24) is 4.90 Å². The van der Waals surface area contributed by atoms with Gasteiger partial charge in [-0.2, -0.15) is 0 Å². The zero-order chi connectivity index (χ0) is 8.81. The molecule has 4 nitrogen and oxygen atoms in total. The van der Waals surface area contributed by atoms with Gasteiger partial charge >= 0.3 is 0 Å². The van der Waals surface area contributed by atoms with E-state index in [0.717, 1.165) is 32.7 Å². The van der Waals surface area contributed by atoms with Crippen LogP contribution in [-0.2, 0) is 4.74 Å². The summed E-state index contributed by atoms with van der Waals surface area (Å²) in [5.74, 6) is 0. The minimum Gasteiger partial charge on any atom is -0.390 e. The molecule has 1 fully saturated rings. The highest BCUT2D eigenvalue weighted by molar-refractivity contribution is 4.66. The summed E-state index contributed by atoms with van der Waals surface area (Å²) in [6, 6.07) is 0. The molecule has 0 amide bonds. The summed E-state index contributed by atoms with van der Waals surface area (Å²) in [6.07, 6.45) is 0.667. The quantitative estimate of drug-likeness (QED) is 0.578. The summed E-state index contributed by atoms with van der Waals surface area (Å²) in [5, 5.41) is 9.29. The lowest BCUT2D eigenvalue weighted by molar-refractivity contribution is 0.107. The van der Waals surface area contributed by atoms with Crippen LogP contribution in [-0.4, -0.2) is 55.5 Å². The zero-order valence-electron chi connectivity index (χ0n) is 7.41. The van der Waals surface area contributed by atoms with Gasteiger partial charge in [-0.1, -0.05) is 0 Å². The smallest absolute Gasteiger partial charge is 0.0789 e. The molecule has 0 aliphatic carbocycles. The molecule has 1 atom stereocenters. The van der Waals surface area contributed by atoms with Crippen molar-refractivity contribution in [2.24, 2.45) is 5.73 Å². The molecule has 3 N–H and O–H groups in total. The van der Waals surface area contributed by atoms with Crippen molar-refractivity contribution in [1.29, 1.82) is 0 Å². The lowest BCUT2D eigenvalue weighted by atomic mass is 10.3. The van der Waals surface area contributed by atoms with E-state index in [1.54, 1.807) is 0 Å². The normalized spacial score (nSPS) is 23.5. The third-order valence-electron chi connectivity index (χ3n) is 2.06. The van der Waals surface area contributed by atoms with Gasteiger partial charge in [-0.05, 0) is 6.42 Å². The number of nitrogens with two attached hydrogens (primary N) is 1. The first-order valence-corrected chi connectivity index (χ1v) is 4.51. The third kappa shape index (κ3) is 3.49. The highest BCUT2D eigenvalue weighted by Crippen LogP contribution is 1.99. The Morgan fingerprint density at radius 3 is 3.00 bits per heavy atom. The molecule has 0 spiro atoms. The molecule has 12 heavy (non-hydrogen) atoms. The maximum Gasteiger partial charge on any atom is 0.0789 e. The summed E-state index contributed by atoms with van der Waals surface area (Å²) in [6.45, 7) is 4.57. The van der Waals surface area contributed by atoms with E-state index in [9.17, 15) is 5.11 Å². The minimum absolute atomic E-state index is 0.345. The molecule has 0 radical (unpaired) electrons. The van der Waals surface area contributed by atoms with Crippen molar-refractivity contribution in [2.75, 3.05) is 39.4 Å². The van der Waals surface area contributed by atoms with Gasteiger partial charge in [0.1, 0.15) is 0 Å². The summed E-state index contributed by atoms with van der Waals surface area (Å²) in [5.41, 5.74) is 5.32. The summed E-state index contributed by atoms with van der Waals surface area (Å²) in [4.78, 5) is 2.20. The molecule has 0 aromatic rings. The van der Waals surface area contributed by atoms with Gasteiger partial charge < -0.3 is 15.6 Å². The monoisotopic (exact) mass is 174 g/mol. The largest absolute Gasteiger partial charge is 0.390 e. The van der Waals surface area contributed by atoms with Crippen LogP contribution in [0, 0.1) is 0 Å². The van der Waals surface area contributed by atoms with Crippen LogP contribution in [0.3, 0.4) is 0 Å². The number of ether oxygens (including phenoxy) is 1. The molecular formula is C8H18N2O2. The Labute approximate surface area is 73.3 Å². The second kappa shape index (κ2) is 5.48. The summed E-state index contributed by atoms with van der Waals surface area (Å²) >= 11 is 0. The first kappa shape index (κ1) is 9.92. The Hall–Kier alpha value is -0.160. The van der Waals surface area contributed by atoms with Gasteiger partial charge in [0.15, 0.2) is 0 Å². The van der Waals surface area contributed by atoms with Crippen molar-refractivity contribution in [3.05, 3.63) is 0 Å². The number of hydrogen-bond donors (Lipinski definition) is 2. The van der Waals surface area contributed by atoms with Crippen LogP contribution in [0.5, 0.6) is 0 Å². The molecule has 1 heterocycles. The van der Waals surface area contributed by atoms with Gasteiger partial charge in [0.25, 0.3) is 0 Å². The number of aliphatic hydroxyl groups is 1. The second-order valence-electron chi connectivity index (χ2n) is 3.16. The van der Waals surface area contributed by atoms with Crippen LogP contribution >= 0.6 is 0 Å². The molecule has 0 saturated carbocycles. The molecular weight excluding hydrogens is 156 g/mol. The molecule has 0 bridgehead atoms. The zero-order valence-corrected chi connectivity index (χ0v) is 7.41. The van der Waals surface area contributed by atoms with Crippen LogP contribution in [0.2, 0.25) is 0 Å². The Bertz CT molecular complexity index is 114. The standard InChI is InChI=1S/C8H18N2O2/c9-6-8(11)7-10-2-1-4-12-5-3-10/h8,11H,1-7,9H2/t8-/m1/s1. The third-order valence-corrected chi connectivity index (χ3v) is 2.06. The average Bonchev–Trinajstić information content (AvgIpc) is 2.33. The fraction of sp³-hybridized carbons (Fsp3) is 1.00. The Morgan fingerprint density at radius 2 is 2.25 bits per heavy atom. The van der Waals surface area contributed by atoms with E-state index in [1.165, 1.54) is 0 Å². The molecule has 0 aromatic carbocycles. The van der Waals surface area contributed by atoms with Crippen molar-refractivity contribution in [2.45, 2.75) is 12.5 Å². The molecule has 1 aliphatic heterocycles. The van der Waals surface area contributed by atoms with Crippen molar-refractivity contribution in [3.63, 3.8) is 0 Å². The first-order valence-electron chi connectivity index (χ1n) is 4.51. The van der Waals surface area contributed by atoms with Crippen LogP contribution in [0.1, 0.15) is 6.42 Å². The highest BCUT2D eigenvalue weighted by Gasteiger charge is 2.12. The Balaban J connectivity index is 2.20. The Kier molecular flexibility index (Phi) is 4.53. The second-order valence-corrected chi connectivity index (χ2v) is 3.16. The van der Waals surface area contributed by atoms with Crippen molar-refractivity contribution >= 4 is 0 Å². The van der Waals surface area contributed by atoms with Gasteiger partial charge in [-0.15, -0.1) is 0 Å². The topological polar surface area (TPSA) is 58.7 Å². The highest BCUT2D eigenvalue weighted by atomic mass is 16.5. The van der Waals surface area contributed by atoms with Crippen LogP contribution in [0.15, 0.2) is 0 Å². The maximum atomic E-state index is 9.29. The van der Waals surface area contributed by atoms with Crippen LogP contribution in [0.25, 0.3) is 0 Å². The molecule has 1 aliphatic rings. The van der Waals surface area contributed by atoms with Gasteiger partial charge in [-0.3, -0.25) is 4.90 Å². The van der Waals surface area contributed by atoms with Gasteiger partial charge in [0.2, 0.25) is 0 Å². The predicted molar refractivity (Wildman–Crippen MR) is 46.9 cm³/mol. The molecule has 4 heteroatoms. The molecule has 72 valence electrons. The SMILES string of the molecule is NC[C@@H](O)CN1CCCOCC1. The van der Waals surface area contributed by atoms with E-state index in [2.05, 4.69) is 4.90 Å². The molecule has 1 rings (SSSR count). The van der Waals surface area contributed by atoms with Crippen molar-refractivity contribution in [3.8, 4) is 0 Å². The van der Waals surface area contributed by atoms with Gasteiger partial charge in [0.05, 0.1) is 12.7 Å². The molecule has 0 unspecified atom stereocenters. The molecule has 1 saturated heterocycles. The lowest BCUT2D eigenvalue weighted by Crippen LogP contribution is -2.37. The fourth-order valence-electron chi connectivity index (χ4n) is 1.35. The van der Waals surface area contributed by atoms with E-state index in [0.29, 0.717) is 13.1 Å².